The molecule has 4 nitrogen and oxygen atoms in total. The summed E-state index contributed by atoms with van der Waals surface area (Å²) in [5, 5.41) is 0. The number of rotatable bonds is 4. The molecule has 0 aliphatic rings. The van der Waals surface area contributed by atoms with Crippen LogP contribution in [0, 0.1) is 0 Å². The monoisotopic (exact) mass is 318 g/mol. The van der Waals surface area contributed by atoms with E-state index < -0.39 is 27.1 Å². The summed E-state index contributed by atoms with van der Waals surface area (Å²) in [5.41, 5.74) is 0. The van der Waals surface area contributed by atoms with E-state index in [1.807, 2.05) is 0 Å². The van der Waals surface area contributed by atoms with Crippen molar-refractivity contribution in [1.29, 1.82) is 0 Å². The van der Waals surface area contributed by atoms with E-state index in [2.05, 4.69) is 4.74 Å². The summed E-state index contributed by atoms with van der Waals surface area (Å²) in [6.07, 6.45) is -4.90. The highest BCUT2D eigenvalue weighted by molar-refractivity contribution is 7.87. The zero-order valence-electron chi connectivity index (χ0n) is 10.4. The molecule has 0 N–H and O–H groups in total. The molecule has 2 aromatic carbocycles. The van der Waals surface area contributed by atoms with Crippen molar-refractivity contribution in [2.45, 2.75) is 11.3 Å². The van der Waals surface area contributed by atoms with Crippen LogP contribution in [0.15, 0.2) is 59.5 Å². The minimum Gasteiger partial charge on any atom is -0.406 e. The molecule has 2 aromatic rings. The summed E-state index contributed by atoms with van der Waals surface area (Å²) in [4.78, 5) is -0.437. The number of para-hydroxylation sites is 1. The van der Waals surface area contributed by atoms with Crippen molar-refractivity contribution >= 4 is 10.1 Å². The van der Waals surface area contributed by atoms with Gasteiger partial charge in [-0.25, -0.2) is 0 Å². The molecule has 0 aliphatic heterocycles. The lowest BCUT2D eigenvalue weighted by Crippen LogP contribution is -2.17. The molecule has 0 saturated heterocycles. The van der Waals surface area contributed by atoms with Crippen LogP contribution in [-0.4, -0.2) is 14.8 Å². The van der Waals surface area contributed by atoms with Crippen LogP contribution < -0.4 is 8.92 Å². The van der Waals surface area contributed by atoms with Crippen LogP contribution in [0.2, 0.25) is 0 Å². The van der Waals surface area contributed by atoms with E-state index in [-0.39, 0.29) is 5.75 Å². The Kier molecular flexibility index (Phi) is 4.08. The molecule has 0 heterocycles. The predicted octanol–water partition coefficient (Wildman–Crippen LogP) is 3.35. The molecule has 0 saturated carbocycles. The third-order valence-corrected chi connectivity index (χ3v) is 3.52. The standard InChI is InChI=1S/C13H9F3O4S/c14-13(15,16)19-11-7-4-8-12(9-11)21(17,18)20-10-5-2-1-3-6-10/h1-9H. The molecule has 2 rings (SSSR count). The number of hydrogen-bond donors (Lipinski definition) is 0. The van der Waals surface area contributed by atoms with Crippen LogP contribution in [0.3, 0.4) is 0 Å². The van der Waals surface area contributed by atoms with Crippen LogP contribution >= 0.6 is 0 Å². The second kappa shape index (κ2) is 5.65. The number of alkyl halides is 3. The first-order chi connectivity index (χ1) is 9.76. The van der Waals surface area contributed by atoms with E-state index in [4.69, 9.17) is 4.18 Å². The topological polar surface area (TPSA) is 52.6 Å². The summed E-state index contributed by atoms with van der Waals surface area (Å²) in [6.45, 7) is 0. The maximum atomic E-state index is 12.1. The Morgan fingerprint density at radius 2 is 1.48 bits per heavy atom. The smallest absolute Gasteiger partial charge is 0.406 e. The summed E-state index contributed by atoms with van der Waals surface area (Å²) in [7, 11) is -4.24. The van der Waals surface area contributed by atoms with Crippen molar-refractivity contribution in [3.8, 4) is 11.5 Å². The largest absolute Gasteiger partial charge is 0.573 e. The van der Waals surface area contributed by atoms with E-state index in [0.717, 1.165) is 24.3 Å². The minimum absolute atomic E-state index is 0.0552. The Morgan fingerprint density at radius 1 is 0.857 bits per heavy atom. The summed E-state index contributed by atoms with van der Waals surface area (Å²) >= 11 is 0. The van der Waals surface area contributed by atoms with Crippen molar-refractivity contribution in [1.82, 2.24) is 0 Å². The van der Waals surface area contributed by atoms with Gasteiger partial charge in [-0.2, -0.15) is 8.42 Å². The van der Waals surface area contributed by atoms with Crippen molar-refractivity contribution in [3.05, 3.63) is 54.6 Å². The average Bonchev–Trinajstić information content (AvgIpc) is 2.37. The van der Waals surface area contributed by atoms with Crippen molar-refractivity contribution in [2.75, 3.05) is 0 Å². The molecule has 0 fully saturated rings. The lowest BCUT2D eigenvalue weighted by atomic mass is 10.3. The molecule has 0 aliphatic carbocycles. The first kappa shape index (κ1) is 15.2. The number of hydrogen-bond acceptors (Lipinski definition) is 4. The Balaban J connectivity index is 2.26. The van der Waals surface area contributed by atoms with Gasteiger partial charge in [0.1, 0.15) is 16.4 Å². The molecule has 8 heteroatoms. The molecule has 0 radical (unpaired) electrons. The van der Waals surface area contributed by atoms with Gasteiger partial charge >= 0.3 is 16.5 Å². The number of ether oxygens (including phenoxy) is 1. The van der Waals surface area contributed by atoms with Crippen LogP contribution in [0.4, 0.5) is 13.2 Å². The number of benzene rings is 2. The first-order valence-electron chi connectivity index (χ1n) is 5.62. The normalized spacial score (nSPS) is 12.0. The minimum atomic E-state index is -4.90. The van der Waals surface area contributed by atoms with E-state index in [0.29, 0.717) is 0 Å². The van der Waals surface area contributed by atoms with Crippen molar-refractivity contribution in [3.63, 3.8) is 0 Å². The van der Waals surface area contributed by atoms with Gasteiger partial charge in [-0.3, -0.25) is 0 Å². The van der Waals surface area contributed by atoms with Gasteiger partial charge in [0, 0.05) is 6.07 Å². The van der Waals surface area contributed by atoms with Crippen LogP contribution in [0.1, 0.15) is 0 Å². The number of halogens is 3. The zero-order valence-corrected chi connectivity index (χ0v) is 11.2. The lowest BCUT2D eigenvalue weighted by molar-refractivity contribution is -0.274. The van der Waals surface area contributed by atoms with E-state index in [1.54, 1.807) is 18.2 Å². The van der Waals surface area contributed by atoms with Gasteiger partial charge in [-0.1, -0.05) is 24.3 Å². The summed E-state index contributed by atoms with van der Waals surface area (Å²) in [5.74, 6) is -0.583. The Morgan fingerprint density at radius 3 is 2.10 bits per heavy atom. The molecule has 21 heavy (non-hydrogen) atoms. The molecule has 0 aromatic heterocycles. The quantitative estimate of drug-likeness (QED) is 0.811. The molecule has 0 unspecified atom stereocenters. The maximum absolute atomic E-state index is 12.1. The van der Waals surface area contributed by atoms with Crippen molar-refractivity contribution < 1.29 is 30.5 Å². The van der Waals surface area contributed by atoms with Gasteiger partial charge in [0.25, 0.3) is 0 Å². The fraction of sp³-hybridized carbons (Fsp3) is 0.0769. The van der Waals surface area contributed by atoms with E-state index in [9.17, 15) is 21.6 Å². The maximum Gasteiger partial charge on any atom is 0.573 e. The zero-order chi connectivity index (χ0) is 15.5. The van der Waals surface area contributed by atoms with Gasteiger partial charge in [-0.15, -0.1) is 13.2 Å². The van der Waals surface area contributed by atoms with E-state index >= 15 is 0 Å². The molecular weight excluding hydrogens is 309 g/mol. The average molecular weight is 318 g/mol. The fourth-order valence-electron chi connectivity index (χ4n) is 1.48. The Bertz CT molecular complexity index is 712. The molecular formula is C13H9F3O4S. The third-order valence-electron chi connectivity index (χ3n) is 2.28. The van der Waals surface area contributed by atoms with Crippen molar-refractivity contribution in [2.24, 2.45) is 0 Å². The SMILES string of the molecule is O=S(=O)(Oc1ccccc1)c1cccc(OC(F)(F)F)c1. The van der Waals surface area contributed by atoms with Gasteiger partial charge in [0.15, 0.2) is 0 Å². The summed E-state index contributed by atoms with van der Waals surface area (Å²) < 4.78 is 68.7. The van der Waals surface area contributed by atoms with Gasteiger partial charge < -0.3 is 8.92 Å². The third kappa shape index (κ3) is 4.38. The molecule has 0 amide bonds. The van der Waals surface area contributed by atoms with Crippen LogP contribution in [-0.2, 0) is 10.1 Å². The molecule has 0 spiro atoms. The highest BCUT2D eigenvalue weighted by atomic mass is 32.2. The predicted molar refractivity (Wildman–Crippen MR) is 67.4 cm³/mol. The Labute approximate surface area is 118 Å². The second-order valence-electron chi connectivity index (χ2n) is 3.87. The highest BCUT2D eigenvalue weighted by Gasteiger charge is 2.31. The lowest BCUT2D eigenvalue weighted by Gasteiger charge is -2.11. The van der Waals surface area contributed by atoms with Gasteiger partial charge in [0.2, 0.25) is 0 Å². The first-order valence-corrected chi connectivity index (χ1v) is 7.02. The fourth-order valence-corrected chi connectivity index (χ4v) is 2.44. The summed E-state index contributed by atoms with van der Waals surface area (Å²) in [6, 6.07) is 11.6. The highest BCUT2D eigenvalue weighted by Crippen LogP contribution is 2.26. The molecule has 0 bridgehead atoms. The van der Waals surface area contributed by atoms with Gasteiger partial charge in [0.05, 0.1) is 0 Å². The molecule has 112 valence electrons. The molecule has 0 atom stereocenters. The second-order valence-corrected chi connectivity index (χ2v) is 5.42. The van der Waals surface area contributed by atoms with E-state index in [1.165, 1.54) is 12.1 Å². The van der Waals surface area contributed by atoms with Gasteiger partial charge in [-0.05, 0) is 24.3 Å². The van der Waals surface area contributed by atoms with Crippen LogP contribution in [0.25, 0.3) is 0 Å². The Hall–Kier alpha value is -2.22. The van der Waals surface area contributed by atoms with Crippen LogP contribution in [0.5, 0.6) is 11.5 Å².